The van der Waals surface area contributed by atoms with Gasteiger partial charge in [0, 0.05) is 41.2 Å². The molecule has 1 saturated heterocycles. The molecular formula is C23H27BrClN3O4. The molecule has 3 rings (SSSR count). The Labute approximate surface area is 201 Å². The monoisotopic (exact) mass is 523 g/mol. The quantitative estimate of drug-likeness (QED) is 0.488. The van der Waals surface area contributed by atoms with E-state index in [-0.39, 0.29) is 24.5 Å². The van der Waals surface area contributed by atoms with Crippen molar-refractivity contribution in [2.75, 3.05) is 51.8 Å². The Morgan fingerprint density at radius 2 is 2.00 bits per heavy atom. The van der Waals surface area contributed by atoms with Crippen LogP contribution in [0.3, 0.4) is 0 Å². The molecule has 7 nitrogen and oxygen atoms in total. The number of nitrogens with one attached hydrogen (secondary N) is 2. The number of morpholine rings is 1. The number of benzene rings is 2. The number of rotatable bonds is 9. The number of halogens is 2. The Hall–Kier alpha value is -1.97. The number of hydrogen-bond acceptors (Lipinski definition) is 6. The fraction of sp³-hybridized carbons (Fsp3) is 0.391. The molecular weight excluding hydrogens is 498 g/mol. The van der Waals surface area contributed by atoms with Crippen LogP contribution in [0.25, 0.3) is 0 Å². The van der Waals surface area contributed by atoms with Gasteiger partial charge in [0.05, 0.1) is 32.9 Å². The highest BCUT2D eigenvalue weighted by molar-refractivity contribution is 9.10. The molecule has 0 saturated carbocycles. The van der Waals surface area contributed by atoms with E-state index in [1.165, 1.54) is 7.11 Å². The topological polar surface area (TPSA) is 79.9 Å². The van der Waals surface area contributed by atoms with Gasteiger partial charge in [0.25, 0.3) is 0 Å². The van der Waals surface area contributed by atoms with Crippen molar-refractivity contribution in [2.24, 2.45) is 0 Å². The summed E-state index contributed by atoms with van der Waals surface area (Å²) in [6.45, 7) is 3.76. The zero-order valence-electron chi connectivity index (χ0n) is 17.9. The van der Waals surface area contributed by atoms with Crippen molar-refractivity contribution in [3.8, 4) is 0 Å². The minimum atomic E-state index is -0.389. The van der Waals surface area contributed by atoms with E-state index in [0.717, 1.165) is 28.7 Å². The maximum atomic E-state index is 12.7. The molecule has 2 N–H and O–H groups in total. The summed E-state index contributed by atoms with van der Waals surface area (Å²) in [4.78, 5) is 26.7. The lowest BCUT2D eigenvalue weighted by molar-refractivity contribution is -0.139. The van der Waals surface area contributed by atoms with Crippen molar-refractivity contribution < 1.29 is 19.1 Å². The number of anilines is 1. The number of methoxy groups -OCH3 is 1. The van der Waals surface area contributed by atoms with Crippen LogP contribution in [0.15, 0.2) is 46.9 Å². The fourth-order valence-corrected chi connectivity index (χ4v) is 4.11. The van der Waals surface area contributed by atoms with Crippen molar-refractivity contribution in [3.63, 3.8) is 0 Å². The van der Waals surface area contributed by atoms with E-state index in [0.29, 0.717) is 36.9 Å². The zero-order valence-corrected chi connectivity index (χ0v) is 20.2. The highest BCUT2D eigenvalue weighted by Gasteiger charge is 2.21. The van der Waals surface area contributed by atoms with E-state index < -0.39 is 0 Å². The van der Waals surface area contributed by atoms with Gasteiger partial charge in [-0.15, -0.1) is 0 Å². The number of esters is 1. The maximum Gasteiger partial charge on any atom is 0.319 e. The van der Waals surface area contributed by atoms with E-state index in [2.05, 4.69) is 31.5 Å². The molecule has 2 aromatic carbocycles. The first-order valence-electron chi connectivity index (χ1n) is 10.4. The van der Waals surface area contributed by atoms with Crippen molar-refractivity contribution >= 4 is 45.1 Å². The van der Waals surface area contributed by atoms with Gasteiger partial charge < -0.3 is 14.8 Å². The standard InChI is InChI=1S/C23H27BrClN3O4/c1-31-22(30)15-26-23(16-3-2-4-18(25)13-16)19-14-17(24)5-6-20(19)27-21(29)7-8-28-9-11-32-12-10-28/h2-6,13-14,23,26H,7-12,15H2,1H3,(H,27,29). The van der Waals surface area contributed by atoms with Crippen molar-refractivity contribution in [2.45, 2.75) is 12.5 Å². The van der Waals surface area contributed by atoms with Gasteiger partial charge in [0.1, 0.15) is 0 Å². The average molecular weight is 525 g/mol. The highest BCUT2D eigenvalue weighted by atomic mass is 79.9. The fourth-order valence-electron chi connectivity index (χ4n) is 3.53. The van der Waals surface area contributed by atoms with E-state index >= 15 is 0 Å². The molecule has 0 bridgehead atoms. The molecule has 1 aliphatic heterocycles. The minimum Gasteiger partial charge on any atom is -0.468 e. The third-order valence-electron chi connectivity index (χ3n) is 5.22. The van der Waals surface area contributed by atoms with Crippen LogP contribution in [0.5, 0.6) is 0 Å². The number of carbonyl (C=O) groups is 2. The first kappa shape index (κ1) is 24.7. The van der Waals surface area contributed by atoms with Crippen LogP contribution in [-0.4, -0.2) is 63.3 Å². The molecule has 1 aliphatic rings. The molecule has 172 valence electrons. The van der Waals surface area contributed by atoms with Gasteiger partial charge in [-0.3, -0.25) is 19.8 Å². The Morgan fingerprint density at radius 1 is 1.22 bits per heavy atom. The van der Waals surface area contributed by atoms with Gasteiger partial charge in [-0.25, -0.2) is 0 Å². The van der Waals surface area contributed by atoms with Gasteiger partial charge in [0.2, 0.25) is 5.91 Å². The molecule has 1 amide bonds. The van der Waals surface area contributed by atoms with Gasteiger partial charge in [-0.1, -0.05) is 39.7 Å². The number of amides is 1. The van der Waals surface area contributed by atoms with E-state index in [1.54, 1.807) is 6.07 Å². The lowest BCUT2D eigenvalue weighted by Gasteiger charge is -2.26. The molecule has 2 aromatic rings. The third-order valence-corrected chi connectivity index (χ3v) is 5.95. The summed E-state index contributed by atoms with van der Waals surface area (Å²) in [5, 5.41) is 6.85. The molecule has 1 fully saturated rings. The van der Waals surface area contributed by atoms with Crippen LogP contribution in [-0.2, 0) is 19.1 Å². The smallest absolute Gasteiger partial charge is 0.319 e. The maximum absolute atomic E-state index is 12.7. The number of hydrogen-bond donors (Lipinski definition) is 2. The Kier molecular flexibility index (Phi) is 9.50. The summed E-state index contributed by atoms with van der Waals surface area (Å²) in [5.74, 6) is -0.457. The van der Waals surface area contributed by atoms with Crippen LogP contribution >= 0.6 is 27.5 Å². The van der Waals surface area contributed by atoms with Crippen LogP contribution in [0, 0.1) is 0 Å². The van der Waals surface area contributed by atoms with E-state index in [9.17, 15) is 9.59 Å². The lowest BCUT2D eigenvalue weighted by Crippen LogP contribution is -2.38. The Bertz CT molecular complexity index is 937. The van der Waals surface area contributed by atoms with Crippen LogP contribution < -0.4 is 10.6 Å². The average Bonchev–Trinajstić information content (AvgIpc) is 2.80. The van der Waals surface area contributed by atoms with Crippen LogP contribution in [0.1, 0.15) is 23.6 Å². The van der Waals surface area contributed by atoms with Crippen LogP contribution in [0.2, 0.25) is 5.02 Å². The van der Waals surface area contributed by atoms with E-state index in [4.69, 9.17) is 21.1 Å². The molecule has 0 aliphatic carbocycles. The second-order valence-corrected chi connectivity index (χ2v) is 8.78. The summed E-state index contributed by atoms with van der Waals surface area (Å²) >= 11 is 9.74. The van der Waals surface area contributed by atoms with E-state index in [1.807, 2.05) is 36.4 Å². The van der Waals surface area contributed by atoms with Gasteiger partial charge in [-0.2, -0.15) is 0 Å². The van der Waals surface area contributed by atoms with Gasteiger partial charge in [0.15, 0.2) is 0 Å². The molecule has 1 heterocycles. The van der Waals surface area contributed by atoms with Gasteiger partial charge >= 0.3 is 5.97 Å². The summed E-state index contributed by atoms with van der Waals surface area (Å²) in [6.07, 6.45) is 0.382. The minimum absolute atomic E-state index is 0.00457. The largest absolute Gasteiger partial charge is 0.468 e. The summed E-state index contributed by atoms with van der Waals surface area (Å²) in [5.41, 5.74) is 2.34. The molecule has 0 spiro atoms. The molecule has 1 unspecified atom stereocenters. The zero-order chi connectivity index (χ0) is 22.9. The lowest BCUT2D eigenvalue weighted by atomic mass is 9.96. The van der Waals surface area contributed by atoms with Crippen LogP contribution in [0.4, 0.5) is 5.69 Å². The second kappa shape index (κ2) is 12.3. The molecule has 0 aromatic heterocycles. The molecule has 1 atom stereocenters. The molecule has 32 heavy (non-hydrogen) atoms. The number of nitrogens with zero attached hydrogens (tertiary/aromatic N) is 1. The Balaban J connectivity index is 1.81. The summed E-state index contributed by atoms with van der Waals surface area (Å²) in [6, 6.07) is 12.7. The van der Waals surface area contributed by atoms with Crippen molar-refractivity contribution in [1.82, 2.24) is 10.2 Å². The summed E-state index contributed by atoms with van der Waals surface area (Å²) < 4.78 is 11.0. The van der Waals surface area contributed by atoms with Gasteiger partial charge in [-0.05, 0) is 41.5 Å². The SMILES string of the molecule is COC(=O)CNC(c1cccc(Cl)c1)c1cc(Br)ccc1NC(=O)CCN1CCOCC1. The predicted octanol–water partition coefficient (Wildman–Crippen LogP) is 3.62. The van der Waals surface area contributed by atoms with Crippen molar-refractivity contribution in [1.29, 1.82) is 0 Å². The third kappa shape index (κ3) is 7.28. The molecule has 0 radical (unpaired) electrons. The molecule has 9 heteroatoms. The summed E-state index contributed by atoms with van der Waals surface area (Å²) in [7, 11) is 1.34. The second-order valence-electron chi connectivity index (χ2n) is 7.43. The normalized spacial score (nSPS) is 15.2. The highest BCUT2D eigenvalue weighted by Crippen LogP contribution is 2.32. The van der Waals surface area contributed by atoms with Crippen molar-refractivity contribution in [3.05, 3.63) is 63.1 Å². The Morgan fingerprint density at radius 3 is 2.72 bits per heavy atom. The first-order chi connectivity index (χ1) is 15.5. The number of ether oxygens (including phenoxy) is 2. The first-order valence-corrected chi connectivity index (χ1v) is 11.6. The number of carbonyl (C=O) groups excluding carboxylic acids is 2. The predicted molar refractivity (Wildman–Crippen MR) is 128 cm³/mol.